The topological polar surface area (TPSA) is 90.3 Å². The monoisotopic (exact) mass is 439 g/mol. The number of anilines is 1. The lowest BCUT2D eigenvalue weighted by atomic mass is 9.86. The number of aromatic nitrogens is 2. The lowest BCUT2D eigenvalue weighted by Gasteiger charge is -2.22. The van der Waals surface area contributed by atoms with Gasteiger partial charge in [0.25, 0.3) is 5.56 Å². The van der Waals surface area contributed by atoms with Crippen molar-refractivity contribution in [3.05, 3.63) is 57.0 Å². The van der Waals surface area contributed by atoms with Crippen molar-refractivity contribution in [3.63, 3.8) is 0 Å². The predicted octanol–water partition coefficient (Wildman–Crippen LogP) is 3.95. The molecular formula is C23H25N3O4S. The first-order chi connectivity index (χ1) is 14.9. The van der Waals surface area contributed by atoms with Gasteiger partial charge >= 0.3 is 5.97 Å². The van der Waals surface area contributed by atoms with Gasteiger partial charge in [0.15, 0.2) is 0 Å². The number of para-hydroxylation sites is 1. The van der Waals surface area contributed by atoms with E-state index in [0.29, 0.717) is 34.8 Å². The number of aryl methyl sites for hydroxylation is 2. The fraction of sp³-hybridized carbons (Fsp3) is 0.391. The van der Waals surface area contributed by atoms with Gasteiger partial charge in [0, 0.05) is 10.6 Å². The number of benzene rings is 1. The van der Waals surface area contributed by atoms with Crippen molar-refractivity contribution in [2.24, 2.45) is 0 Å². The molecule has 0 saturated carbocycles. The van der Waals surface area contributed by atoms with Crippen molar-refractivity contribution in [3.8, 4) is 0 Å². The van der Waals surface area contributed by atoms with E-state index >= 15 is 0 Å². The number of hydrogen-bond donors (Lipinski definition) is 1. The molecule has 0 spiro atoms. The molecule has 2 aromatic heterocycles. The number of fused-ring (bicyclic) bond motifs is 3. The highest BCUT2D eigenvalue weighted by Crippen LogP contribution is 2.41. The smallest absolute Gasteiger partial charge is 0.313 e. The largest absolute Gasteiger partial charge is 0.466 e. The molecule has 7 nitrogen and oxygen atoms in total. The Balaban J connectivity index is 1.79. The summed E-state index contributed by atoms with van der Waals surface area (Å²) < 4.78 is 6.70. The minimum Gasteiger partial charge on any atom is -0.466 e. The summed E-state index contributed by atoms with van der Waals surface area (Å²) in [6.45, 7) is 5.49. The van der Waals surface area contributed by atoms with Gasteiger partial charge in [0.05, 0.1) is 17.9 Å². The van der Waals surface area contributed by atoms with Crippen LogP contribution in [0.5, 0.6) is 0 Å². The van der Waals surface area contributed by atoms with Crippen LogP contribution in [0.25, 0.3) is 10.2 Å². The van der Waals surface area contributed by atoms with E-state index in [1.165, 1.54) is 15.9 Å². The zero-order chi connectivity index (χ0) is 22.1. The lowest BCUT2D eigenvalue weighted by Crippen LogP contribution is -2.34. The van der Waals surface area contributed by atoms with Crippen molar-refractivity contribution in [1.29, 1.82) is 0 Å². The van der Waals surface area contributed by atoms with Crippen LogP contribution in [0.3, 0.4) is 0 Å². The van der Waals surface area contributed by atoms with E-state index in [4.69, 9.17) is 4.74 Å². The Labute approximate surface area is 184 Å². The third-order valence-electron chi connectivity index (χ3n) is 5.67. The maximum Gasteiger partial charge on any atom is 0.313 e. The Hall–Kier alpha value is -3.00. The van der Waals surface area contributed by atoms with E-state index in [1.807, 2.05) is 18.2 Å². The Morgan fingerprint density at radius 2 is 2.06 bits per heavy atom. The molecule has 8 heteroatoms. The Kier molecular flexibility index (Phi) is 5.91. The summed E-state index contributed by atoms with van der Waals surface area (Å²) in [6, 6.07) is 8.36. The Morgan fingerprint density at radius 3 is 2.77 bits per heavy atom. The molecule has 0 aliphatic heterocycles. The van der Waals surface area contributed by atoms with Gasteiger partial charge in [0.2, 0.25) is 5.91 Å². The summed E-state index contributed by atoms with van der Waals surface area (Å²) in [5.74, 6) is -0.593. The van der Waals surface area contributed by atoms with E-state index in [2.05, 4.69) is 10.3 Å². The summed E-state index contributed by atoms with van der Waals surface area (Å²) in [6.07, 6.45) is 2.33. The van der Waals surface area contributed by atoms with Crippen LogP contribution in [0, 0.1) is 6.92 Å². The number of hydrogen-bond acceptors (Lipinski definition) is 6. The summed E-state index contributed by atoms with van der Waals surface area (Å²) in [5.41, 5.74) is 1.12. The average Bonchev–Trinajstić information content (AvgIpc) is 3.12. The normalized spacial score (nSPS) is 16.5. The fourth-order valence-electron chi connectivity index (χ4n) is 4.22. The molecule has 2 heterocycles. The number of thiophene rings is 1. The van der Waals surface area contributed by atoms with E-state index in [1.54, 1.807) is 32.9 Å². The van der Waals surface area contributed by atoms with Gasteiger partial charge in [0.1, 0.15) is 16.7 Å². The SMILES string of the molecule is CCOC(=O)C1CCCc2sc3nc(C)n(C(C)C(=O)Nc4ccccc4)c(=O)c3c21. The van der Waals surface area contributed by atoms with Gasteiger partial charge in [-0.05, 0) is 57.7 Å². The van der Waals surface area contributed by atoms with Crippen molar-refractivity contribution < 1.29 is 14.3 Å². The second kappa shape index (κ2) is 8.63. The zero-order valence-electron chi connectivity index (χ0n) is 17.8. The molecule has 1 aliphatic rings. The third kappa shape index (κ3) is 3.87. The van der Waals surface area contributed by atoms with Crippen LogP contribution in [-0.2, 0) is 20.7 Å². The maximum absolute atomic E-state index is 13.6. The number of rotatable bonds is 5. The molecule has 1 aromatic carbocycles. The van der Waals surface area contributed by atoms with Crippen LogP contribution < -0.4 is 10.9 Å². The third-order valence-corrected chi connectivity index (χ3v) is 6.83. The first-order valence-corrected chi connectivity index (χ1v) is 11.3. The van der Waals surface area contributed by atoms with Gasteiger partial charge in [-0.3, -0.25) is 19.0 Å². The highest BCUT2D eigenvalue weighted by molar-refractivity contribution is 7.18. The molecule has 0 radical (unpaired) electrons. The molecule has 1 amide bonds. The van der Waals surface area contributed by atoms with E-state index in [9.17, 15) is 14.4 Å². The first-order valence-electron chi connectivity index (χ1n) is 10.5. The van der Waals surface area contributed by atoms with Crippen LogP contribution in [-0.4, -0.2) is 28.0 Å². The number of nitrogens with zero attached hydrogens (tertiary/aromatic N) is 2. The number of ether oxygens (including phenoxy) is 1. The van der Waals surface area contributed by atoms with E-state index < -0.39 is 12.0 Å². The number of nitrogens with one attached hydrogen (secondary N) is 1. The number of carbonyl (C=O) groups excluding carboxylic acids is 2. The van der Waals surface area contributed by atoms with E-state index in [0.717, 1.165) is 23.3 Å². The number of carbonyl (C=O) groups is 2. The van der Waals surface area contributed by atoms with Crippen molar-refractivity contribution in [2.45, 2.75) is 52.0 Å². The van der Waals surface area contributed by atoms with Gasteiger partial charge in [-0.2, -0.15) is 0 Å². The molecule has 31 heavy (non-hydrogen) atoms. The standard InChI is InChI=1S/C23H25N3O4S/c1-4-30-23(29)16-11-8-12-17-18(16)19-21(31-17)24-14(3)26(22(19)28)13(2)20(27)25-15-9-6-5-7-10-15/h5-7,9-10,13,16H,4,8,11-12H2,1-3H3,(H,25,27). The summed E-state index contributed by atoms with van der Waals surface area (Å²) in [5, 5.41) is 3.29. The Bertz CT molecular complexity index is 1200. The highest BCUT2D eigenvalue weighted by atomic mass is 32.1. The minimum absolute atomic E-state index is 0.285. The second-order valence-electron chi connectivity index (χ2n) is 7.68. The average molecular weight is 440 g/mol. The van der Waals surface area contributed by atoms with Gasteiger partial charge in [-0.25, -0.2) is 4.98 Å². The molecule has 162 valence electrons. The summed E-state index contributed by atoms with van der Waals surface area (Å²) >= 11 is 1.47. The maximum atomic E-state index is 13.6. The second-order valence-corrected chi connectivity index (χ2v) is 8.76. The summed E-state index contributed by atoms with van der Waals surface area (Å²) in [7, 11) is 0. The molecule has 0 fully saturated rings. The van der Waals surface area contributed by atoms with Gasteiger partial charge in [-0.15, -0.1) is 11.3 Å². The minimum atomic E-state index is -0.759. The van der Waals surface area contributed by atoms with Crippen LogP contribution in [0.15, 0.2) is 35.1 Å². The van der Waals surface area contributed by atoms with Crippen LogP contribution in [0.1, 0.15) is 54.9 Å². The molecule has 0 saturated heterocycles. The molecule has 2 unspecified atom stereocenters. The molecule has 0 bridgehead atoms. The predicted molar refractivity (Wildman–Crippen MR) is 121 cm³/mol. The van der Waals surface area contributed by atoms with Crippen LogP contribution in [0.4, 0.5) is 5.69 Å². The number of esters is 1. The van der Waals surface area contributed by atoms with Gasteiger partial charge in [-0.1, -0.05) is 18.2 Å². The van der Waals surface area contributed by atoms with E-state index in [-0.39, 0.29) is 17.4 Å². The lowest BCUT2D eigenvalue weighted by molar-refractivity contribution is -0.145. The molecule has 4 rings (SSSR count). The van der Waals surface area contributed by atoms with Crippen LogP contribution in [0.2, 0.25) is 0 Å². The Morgan fingerprint density at radius 1 is 1.32 bits per heavy atom. The zero-order valence-corrected chi connectivity index (χ0v) is 18.6. The summed E-state index contributed by atoms with van der Waals surface area (Å²) in [4.78, 5) is 45.4. The fourth-order valence-corrected chi connectivity index (χ4v) is 5.53. The van der Waals surface area contributed by atoms with Gasteiger partial charge < -0.3 is 10.1 Å². The number of amides is 1. The molecular weight excluding hydrogens is 414 g/mol. The molecule has 1 aliphatic carbocycles. The van der Waals surface area contributed by atoms with Crippen molar-refractivity contribution >= 4 is 39.1 Å². The van der Waals surface area contributed by atoms with Crippen molar-refractivity contribution in [1.82, 2.24) is 9.55 Å². The van der Waals surface area contributed by atoms with Crippen molar-refractivity contribution in [2.75, 3.05) is 11.9 Å². The molecule has 3 aromatic rings. The molecule has 1 N–H and O–H groups in total. The first kappa shape index (κ1) is 21.2. The van der Waals surface area contributed by atoms with Crippen LogP contribution >= 0.6 is 11.3 Å². The quantitative estimate of drug-likeness (QED) is 0.608. The highest BCUT2D eigenvalue weighted by Gasteiger charge is 2.34. The molecule has 2 atom stereocenters.